The molecule has 0 heterocycles. The molecule has 1 atom stereocenters. The van der Waals surface area contributed by atoms with E-state index >= 15 is 0 Å². The molecule has 0 radical (unpaired) electrons. The zero-order valence-corrected chi connectivity index (χ0v) is 14.5. The van der Waals surface area contributed by atoms with E-state index in [1.807, 2.05) is 18.2 Å². The third kappa shape index (κ3) is 6.17. The van der Waals surface area contributed by atoms with Crippen molar-refractivity contribution in [3.05, 3.63) is 35.4 Å². The molecule has 1 saturated carbocycles. The van der Waals surface area contributed by atoms with Gasteiger partial charge in [-0.05, 0) is 29.9 Å². The maximum absolute atomic E-state index is 12.1. The molecule has 1 aromatic rings. The first-order valence-corrected chi connectivity index (χ1v) is 8.95. The van der Waals surface area contributed by atoms with Gasteiger partial charge in [0.1, 0.15) is 0 Å². The monoisotopic (exact) mass is 345 g/mol. The van der Waals surface area contributed by atoms with E-state index in [-0.39, 0.29) is 13.2 Å². The number of hydrogen-bond acceptors (Lipinski definition) is 5. The lowest BCUT2D eigenvalue weighted by molar-refractivity contribution is -0.152. The van der Waals surface area contributed by atoms with Gasteiger partial charge in [0, 0.05) is 6.54 Å². The molecule has 1 aliphatic rings. The van der Waals surface area contributed by atoms with E-state index in [2.05, 4.69) is 17.2 Å². The molecule has 136 valence electrons. The third-order valence-electron chi connectivity index (χ3n) is 4.47. The first kappa shape index (κ1) is 19.5. The summed E-state index contributed by atoms with van der Waals surface area (Å²) in [5, 5.41) is 21.9. The van der Waals surface area contributed by atoms with Crippen LogP contribution in [0.4, 0.5) is 0 Å². The second-order valence-electron chi connectivity index (χ2n) is 6.23. The van der Waals surface area contributed by atoms with E-state index in [0.717, 1.165) is 18.4 Å². The van der Waals surface area contributed by atoms with Gasteiger partial charge in [-0.25, -0.2) is 4.79 Å². The summed E-state index contributed by atoms with van der Waals surface area (Å²) in [5.41, 5.74) is 1.71. The Labute approximate surface area is 149 Å². The Balaban J connectivity index is 1.91. The lowest BCUT2D eigenvalue weighted by Crippen LogP contribution is -2.19. The Morgan fingerprint density at radius 1 is 1.24 bits per heavy atom. The molecular weight excluding hydrogens is 318 g/mol. The van der Waals surface area contributed by atoms with Crippen LogP contribution in [-0.2, 0) is 9.53 Å². The van der Waals surface area contributed by atoms with E-state index in [4.69, 9.17) is 9.84 Å². The van der Waals surface area contributed by atoms with Gasteiger partial charge >= 0.3 is 5.97 Å². The summed E-state index contributed by atoms with van der Waals surface area (Å²) in [5.74, 6) is 5.24. The quantitative estimate of drug-likeness (QED) is 0.400. The third-order valence-corrected chi connectivity index (χ3v) is 4.47. The van der Waals surface area contributed by atoms with Gasteiger partial charge in [0.05, 0.1) is 13.2 Å². The fraction of sp³-hybridized carbons (Fsp3) is 0.550. The van der Waals surface area contributed by atoms with Crippen LogP contribution >= 0.6 is 0 Å². The van der Waals surface area contributed by atoms with Crippen molar-refractivity contribution in [1.29, 1.82) is 0 Å². The van der Waals surface area contributed by atoms with Gasteiger partial charge in [-0.1, -0.05) is 55.4 Å². The van der Waals surface area contributed by atoms with Gasteiger partial charge in [-0.15, -0.1) is 0 Å². The molecule has 3 N–H and O–H groups in total. The van der Waals surface area contributed by atoms with E-state index in [9.17, 15) is 9.90 Å². The molecule has 0 aromatic heterocycles. The topological polar surface area (TPSA) is 78.8 Å². The molecule has 1 aliphatic carbocycles. The largest absolute Gasteiger partial charge is 0.450 e. The van der Waals surface area contributed by atoms with Gasteiger partial charge in [0.15, 0.2) is 12.7 Å². The van der Waals surface area contributed by atoms with Crippen LogP contribution in [-0.4, -0.2) is 42.5 Å². The first-order valence-electron chi connectivity index (χ1n) is 8.95. The van der Waals surface area contributed by atoms with Crippen LogP contribution in [0.2, 0.25) is 0 Å². The van der Waals surface area contributed by atoms with Gasteiger partial charge in [-0.3, -0.25) is 0 Å². The number of aliphatic hydroxyl groups is 2. The Morgan fingerprint density at radius 2 is 2.00 bits per heavy atom. The lowest BCUT2D eigenvalue weighted by Gasteiger charge is -2.25. The zero-order chi connectivity index (χ0) is 17.9. The molecule has 0 aliphatic heterocycles. The van der Waals surface area contributed by atoms with Crippen molar-refractivity contribution >= 4 is 5.97 Å². The van der Waals surface area contributed by atoms with Gasteiger partial charge < -0.3 is 20.3 Å². The second kappa shape index (κ2) is 10.9. The van der Waals surface area contributed by atoms with Crippen molar-refractivity contribution in [2.45, 2.75) is 44.1 Å². The summed E-state index contributed by atoms with van der Waals surface area (Å²) in [4.78, 5) is 12.1. The average molecular weight is 345 g/mol. The summed E-state index contributed by atoms with van der Waals surface area (Å²) < 4.78 is 5.07. The molecule has 2 rings (SSSR count). The first-order chi connectivity index (χ1) is 12.2. The van der Waals surface area contributed by atoms with Crippen molar-refractivity contribution < 1.29 is 19.7 Å². The predicted molar refractivity (Wildman–Crippen MR) is 95.9 cm³/mol. The van der Waals surface area contributed by atoms with E-state index in [0.29, 0.717) is 24.6 Å². The fourth-order valence-electron chi connectivity index (χ4n) is 3.20. The minimum atomic E-state index is -1.27. The van der Waals surface area contributed by atoms with Crippen molar-refractivity contribution in [2.24, 2.45) is 0 Å². The van der Waals surface area contributed by atoms with Gasteiger partial charge in [-0.2, -0.15) is 0 Å². The molecule has 5 nitrogen and oxygen atoms in total. The highest BCUT2D eigenvalue weighted by molar-refractivity contribution is 5.77. The number of ether oxygens (including phenoxy) is 1. The predicted octanol–water partition coefficient (Wildman–Crippen LogP) is 1.90. The number of aliphatic hydroxyl groups excluding tert-OH is 2. The Kier molecular flexibility index (Phi) is 8.47. The van der Waals surface area contributed by atoms with E-state index in [1.54, 1.807) is 6.07 Å². The number of rotatable bonds is 7. The van der Waals surface area contributed by atoms with Crippen molar-refractivity contribution in [2.75, 3.05) is 26.3 Å². The van der Waals surface area contributed by atoms with Crippen molar-refractivity contribution in [3.63, 3.8) is 0 Å². The maximum atomic E-state index is 12.1. The number of carbonyl (C=O) groups excluding carboxylic acids is 1. The van der Waals surface area contributed by atoms with Crippen molar-refractivity contribution in [3.8, 4) is 11.8 Å². The van der Waals surface area contributed by atoms with Gasteiger partial charge in [0.25, 0.3) is 0 Å². The summed E-state index contributed by atoms with van der Waals surface area (Å²) in [6.07, 6.45) is 4.58. The molecule has 25 heavy (non-hydrogen) atoms. The number of esters is 1. The summed E-state index contributed by atoms with van der Waals surface area (Å²) in [6.45, 7) is 0.905. The molecular formula is C20H27NO4. The molecule has 5 heteroatoms. The molecule has 0 bridgehead atoms. The molecule has 1 unspecified atom stereocenters. The van der Waals surface area contributed by atoms with Crippen LogP contribution in [0.25, 0.3) is 0 Å². The van der Waals surface area contributed by atoms with Gasteiger partial charge in [0.2, 0.25) is 0 Å². The van der Waals surface area contributed by atoms with E-state index < -0.39 is 12.1 Å². The number of nitrogens with one attached hydrogen (secondary N) is 1. The molecule has 1 fully saturated rings. The Bertz CT molecular complexity index is 599. The standard InChI is InChI=1S/C20H27NO4/c22-14-13-21-12-6-7-15-25-20(24)19(23)18-11-5-4-10-17(18)16-8-2-1-3-9-16/h4-5,10-11,16,19,21-23H,1-3,8-9,12-15H2. The number of carbonyl (C=O) groups is 1. The normalized spacial score (nSPS) is 15.9. The molecule has 0 saturated heterocycles. The summed E-state index contributed by atoms with van der Waals surface area (Å²) in [6, 6.07) is 7.61. The average Bonchev–Trinajstić information content (AvgIpc) is 2.67. The lowest BCUT2D eigenvalue weighted by atomic mass is 9.81. The Hall–Kier alpha value is -1.87. The SMILES string of the molecule is O=C(OCC#CCNCCO)C(O)c1ccccc1C1CCCCC1. The number of benzene rings is 1. The highest BCUT2D eigenvalue weighted by Crippen LogP contribution is 2.36. The van der Waals surface area contributed by atoms with Crippen LogP contribution in [0.3, 0.4) is 0 Å². The van der Waals surface area contributed by atoms with Crippen LogP contribution in [0.15, 0.2) is 24.3 Å². The van der Waals surface area contributed by atoms with Crippen molar-refractivity contribution in [1.82, 2.24) is 5.32 Å². The Morgan fingerprint density at radius 3 is 2.76 bits per heavy atom. The fourth-order valence-corrected chi connectivity index (χ4v) is 3.20. The minimum absolute atomic E-state index is 0.0533. The maximum Gasteiger partial charge on any atom is 0.340 e. The van der Waals surface area contributed by atoms with Crippen LogP contribution in [0.1, 0.15) is 55.3 Å². The molecule has 0 amide bonds. The minimum Gasteiger partial charge on any atom is -0.450 e. The van der Waals surface area contributed by atoms with Crippen LogP contribution in [0, 0.1) is 11.8 Å². The molecule has 1 aromatic carbocycles. The number of hydrogen-bond donors (Lipinski definition) is 3. The second-order valence-corrected chi connectivity index (χ2v) is 6.23. The highest BCUT2D eigenvalue weighted by Gasteiger charge is 2.25. The highest BCUT2D eigenvalue weighted by atomic mass is 16.5. The zero-order valence-electron chi connectivity index (χ0n) is 14.5. The smallest absolute Gasteiger partial charge is 0.340 e. The summed E-state index contributed by atoms with van der Waals surface area (Å²) in [7, 11) is 0. The summed E-state index contributed by atoms with van der Waals surface area (Å²) >= 11 is 0. The van der Waals surface area contributed by atoms with Crippen LogP contribution < -0.4 is 5.32 Å². The van der Waals surface area contributed by atoms with E-state index in [1.165, 1.54) is 19.3 Å². The molecule has 0 spiro atoms. The van der Waals surface area contributed by atoms with Crippen LogP contribution in [0.5, 0.6) is 0 Å².